The van der Waals surface area contributed by atoms with Gasteiger partial charge in [0.05, 0.1) is 12.8 Å². The Hall–Kier alpha value is -3.10. The van der Waals surface area contributed by atoms with Crippen molar-refractivity contribution >= 4 is 45.6 Å². The van der Waals surface area contributed by atoms with Gasteiger partial charge in [0, 0.05) is 21.7 Å². The summed E-state index contributed by atoms with van der Waals surface area (Å²) in [5.74, 6) is 0.943. The van der Waals surface area contributed by atoms with Crippen LogP contribution in [0.2, 0.25) is 5.02 Å². The molecule has 0 bridgehead atoms. The number of thiazole rings is 1. The summed E-state index contributed by atoms with van der Waals surface area (Å²) in [4.78, 5) is 17.2. The molecule has 2 amide bonds. The number of rotatable bonds is 4. The molecule has 27 heavy (non-hydrogen) atoms. The van der Waals surface area contributed by atoms with Crippen molar-refractivity contribution in [2.75, 3.05) is 17.7 Å². The quantitative estimate of drug-likeness (QED) is 0.518. The number of nitrogens with zero attached hydrogens (tertiary/aromatic N) is 3. The molecule has 0 atom stereocenters. The van der Waals surface area contributed by atoms with Crippen molar-refractivity contribution in [1.29, 1.82) is 0 Å². The first-order valence-electron chi connectivity index (χ1n) is 7.95. The molecule has 0 saturated carbocycles. The van der Waals surface area contributed by atoms with E-state index < -0.39 is 6.03 Å². The maximum Gasteiger partial charge on any atom is 0.326 e. The summed E-state index contributed by atoms with van der Waals surface area (Å²) in [6, 6.07) is 14.1. The number of hydrogen-bond donors (Lipinski definition) is 2. The van der Waals surface area contributed by atoms with E-state index in [0.717, 1.165) is 17.0 Å². The van der Waals surface area contributed by atoms with Gasteiger partial charge in [-0.3, -0.25) is 5.32 Å². The zero-order chi connectivity index (χ0) is 18.8. The van der Waals surface area contributed by atoms with Gasteiger partial charge in [0.25, 0.3) is 5.95 Å². The minimum Gasteiger partial charge on any atom is -0.496 e. The number of benzene rings is 2. The van der Waals surface area contributed by atoms with E-state index in [9.17, 15) is 4.79 Å². The molecule has 0 aliphatic heterocycles. The number of amides is 2. The molecule has 2 aromatic heterocycles. The third-order valence-corrected chi connectivity index (χ3v) is 4.82. The summed E-state index contributed by atoms with van der Waals surface area (Å²) >= 11 is 7.35. The third kappa shape index (κ3) is 3.57. The average molecular weight is 400 g/mol. The van der Waals surface area contributed by atoms with E-state index in [-0.39, 0.29) is 5.95 Å². The summed E-state index contributed by atoms with van der Waals surface area (Å²) < 4.78 is 7.10. The highest BCUT2D eigenvalue weighted by atomic mass is 35.5. The van der Waals surface area contributed by atoms with Crippen LogP contribution in [0.5, 0.6) is 5.75 Å². The monoisotopic (exact) mass is 399 g/mol. The number of fused-ring (bicyclic) bond motifs is 1. The van der Waals surface area contributed by atoms with Crippen LogP contribution < -0.4 is 15.4 Å². The van der Waals surface area contributed by atoms with Gasteiger partial charge < -0.3 is 10.1 Å². The number of para-hydroxylation sites is 1. The van der Waals surface area contributed by atoms with E-state index in [1.807, 2.05) is 29.6 Å². The lowest BCUT2D eigenvalue weighted by molar-refractivity contribution is 0.262. The summed E-state index contributed by atoms with van der Waals surface area (Å²) in [6.07, 6.45) is 0. The first kappa shape index (κ1) is 17.3. The van der Waals surface area contributed by atoms with Crippen molar-refractivity contribution in [2.45, 2.75) is 0 Å². The predicted molar refractivity (Wildman–Crippen MR) is 107 cm³/mol. The van der Waals surface area contributed by atoms with Crippen molar-refractivity contribution in [3.63, 3.8) is 0 Å². The van der Waals surface area contributed by atoms with E-state index in [0.29, 0.717) is 15.7 Å². The Bertz CT molecular complexity index is 1120. The topological polar surface area (TPSA) is 80.5 Å². The number of halogens is 1. The summed E-state index contributed by atoms with van der Waals surface area (Å²) in [6.45, 7) is 0. The van der Waals surface area contributed by atoms with Crippen LogP contribution in [-0.2, 0) is 0 Å². The SMILES string of the molecule is COc1ccccc1-c1csc2nc(NC(=O)Nc3cccc(Cl)c3)nn12. The Morgan fingerprint density at radius 3 is 2.85 bits per heavy atom. The van der Waals surface area contributed by atoms with Crippen LogP contribution in [0.3, 0.4) is 0 Å². The van der Waals surface area contributed by atoms with Crippen LogP contribution in [0.1, 0.15) is 0 Å². The van der Waals surface area contributed by atoms with Gasteiger partial charge in [-0.25, -0.2) is 9.31 Å². The van der Waals surface area contributed by atoms with Gasteiger partial charge in [-0.15, -0.1) is 16.4 Å². The second-order valence-electron chi connectivity index (χ2n) is 5.54. The molecule has 0 fully saturated rings. The van der Waals surface area contributed by atoms with E-state index in [1.54, 1.807) is 35.9 Å². The summed E-state index contributed by atoms with van der Waals surface area (Å²) in [5.41, 5.74) is 2.31. The Kier molecular flexibility index (Phi) is 4.66. The molecule has 2 heterocycles. The number of ether oxygens (including phenoxy) is 1. The second kappa shape index (κ2) is 7.26. The maximum atomic E-state index is 12.2. The van der Waals surface area contributed by atoms with Gasteiger partial charge in [-0.2, -0.15) is 4.98 Å². The molecule has 0 saturated heterocycles. The number of urea groups is 1. The van der Waals surface area contributed by atoms with Crippen LogP contribution in [0.25, 0.3) is 16.2 Å². The van der Waals surface area contributed by atoms with Crippen molar-refractivity contribution in [2.24, 2.45) is 0 Å². The number of aromatic nitrogens is 3. The average Bonchev–Trinajstić information content (AvgIpc) is 3.21. The third-order valence-electron chi connectivity index (χ3n) is 3.77. The Labute approximate surface area is 163 Å². The minimum absolute atomic E-state index is 0.206. The highest BCUT2D eigenvalue weighted by molar-refractivity contribution is 7.15. The van der Waals surface area contributed by atoms with E-state index >= 15 is 0 Å². The van der Waals surface area contributed by atoms with Gasteiger partial charge in [0.1, 0.15) is 5.75 Å². The molecule has 136 valence electrons. The van der Waals surface area contributed by atoms with Crippen LogP contribution in [0.15, 0.2) is 53.9 Å². The van der Waals surface area contributed by atoms with Crippen molar-refractivity contribution < 1.29 is 9.53 Å². The van der Waals surface area contributed by atoms with Crippen LogP contribution in [0, 0.1) is 0 Å². The zero-order valence-corrected chi connectivity index (χ0v) is 15.7. The molecular weight excluding hydrogens is 386 g/mol. The smallest absolute Gasteiger partial charge is 0.326 e. The standard InChI is InChI=1S/C18H14ClN5O2S/c1-26-15-8-3-2-7-13(15)14-10-27-18-22-16(23-24(14)18)21-17(25)20-12-6-4-5-11(19)9-12/h2-10H,1H3,(H2,20,21,23,25). The fourth-order valence-corrected chi connectivity index (χ4v) is 3.62. The number of methoxy groups -OCH3 is 1. The molecule has 0 unspecified atom stereocenters. The van der Waals surface area contributed by atoms with Gasteiger partial charge in [-0.05, 0) is 30.3 Å². The highest BCUT2D eigenvalue weighted by Gasteiger charge is 2.15. The van der Waals surface area contributed by atoms with Crippen LogP contribution in [0.4, 0.5) is 16.4 Å². The first-order valence-corrected chi connectivity index (χ1v) is 9.21. The molecule has 4 aromatic rings. The Morgan fingerprint density at radius 1 is 1.19 bits per heavy atom. The molecule has 4 rings (SSSR count). The van der Waals surface area contributed by atoms with Crippen molar-refractivity contribution in [1.82, 2.24) is 14.6 Å². The number of anilines is 2. The zero-order valence-electron chi connectivity index (χ0n) is 14.1. The minimum atomic E-state index is -0.450. The largest absolute Gasteiger partial charge is 0.496 e. The number of carbonyl (C=O) groups is 1. The highest BCUT2D eigenvalue weighted by Crippen LogP contribution is 2.32. The molecule has 2 N–H and O–H groups in total. The second-order valence-corrected chi connectivity index (χ2v) is 6.81. The number of carbonyl (C=O) groups excluding carboxylic acids is 1. The van der Waals surface area contributed by atoms with Gasteiger partial charge in [0.2, 0.25) is 4.96 Å². The van der Waals surface area contributed by atoms with Gasteiger partial charge >= 0.3 is 6.03 Å². The van der Waals surface area contributed by atoms with Gasteiger partial charge in [0.15, 0.2) is 0 Å². The van der Waals surface area contributed by atoms with E-state index in [1.165, 1.54) is 11.3 Å². The molecule has 0 radical (unpaired) electrons. The lowest BCUT2D eigenvalue weighted by Crippen LogP contribution is -2.20. The molecule has 2 aromatic carbocycles. The molecular formula is C18H14ClN5O2S. The molecule has 0 aliphatic rings. The number of hydrogen-bond acceptors (Lipinski definition) is 5. The van der Waals surface area contributed by atoms with Crippen LogP contribution >= 0.6 is 22.9 Å². The molecule has 0 aliphatic carbocycles. The summed E-state index contributed by atoms with van der Waals surface area (Å²) in [7, 11) is 1.62. The lowest BCUT2D eigenvalue weighted by atomic mass is 10.1. The maximum absolute atomic E-state index is 12.2. The van der Waals surface area contributed by atoms with Crippen molar-refractivity contribution in [3.05, 3.63) is 58.9 Å². The van der Waals surface area contributed by atoms with Crippen LogP contribution in [-0.4, -0.2) is 27.7 Å². The fraction of sp³-hybridized carbons (Fsp3) is 0.0556. The fourth-order valence-electron chi connectivity index (χ4n) is 2.61. The normalized spacial score (nSPS) is 10.7. The van der Waals surface area contributed by atoms with E-state index in [4.69, 9.17) is 16.3 Å². The summed E-state index contributed by atoms with van der Waals surface area (Å²) in [5, 5.41) is 12.2. The number of nitrogens with one attached hydrogen (secondary N) is 2. The molecule has 9 heteroatoms. The van der Waals surface area contributed by atoms with Crippen molar-refractivity contribution in [3.8, 4) is 17.0 Å². The predicted octanol–water partition coefficient (Wildman–Crippen LogP) is 4.76. The van der Waals surface area contributed by atoms with E-state index in [2.05, 4.69) is 20.7 Å². The molecule has 7 nitrogen and oxygen atoms in total. The lowest BCUT2D eigenvalue weighted by Gasteiger charge is -2.06. The molecule has 0 spiro atoms. The Balaban J connectivity index is 1.58. The Morgan fingerprint density at radius 2 is 2.04 bits per heavy atom. The van der Waals surface area contributed by atoms with Gasteiger partial charge in [-0.1, -0.05) is 29.8 Å². The first-order chi connectivity index (χ1) is 13.1.